The predicted octanol–water partition coefficient (Wildman–Crippen LogP) is 2.69. The highest BCUT2D eigenvalue weighted by atomic mass is 35.5. The fourth-order valence-corrected chi connectivity index (χ4v) is 1.42. The summed E-state index contributed by atoms with van der Waals surface area (Å²) in [6.45, 7) is 0. The number of rotatable bonds is 2. The fraction of sp³-hybridized carbons (Fsp3) is 0.125. The van der Waals surface area contributed by atoms with E-state index in [4.69, 9.17) is 23.2 Å². The van der Waals surface area contributed by atoms with E-state index in [1.165, 1.54) is 13.2 Å². The topological polar surface area (TPSA) is 69.4 Å². The van der Waals surface area contributed by atoms with Gasteiger partial charge in [0.25, 0.3) is 5.69 Å². The van der Waals surface area contributed by atoms with E-state index < -0.39 is 10.9 Å². The molecule has 0 unspecified atom stereocenters. The zero-order chi connectivity index (χ0) is 11.6. The number of nitro benzene ring substituents is 1. The second kappa shape index (κ2) is 4.46. The number of methoxy groups -OCH3 is 1. The standard InChI is InChI=1S/C8H5Cl2NO4/c1-15-8(12)4-2-3-5(11(13)14)7(10)6(4)9/h2-3H,1H3. The Balaban J connectivity index is 3.33. The van der Waals surface area contributed by atoms with Crippen molar-refractivity contribution in [2.75, 3.05) is 7.11 Å². The second-order valence-corrected chi connectivity index (χ2v) is 3.26. The number of hydrogen-bond donors (Lipinski definition) is 0. The first kappa shape index (κ1) is 11.7. The highest BCUT2D eigenvalue weighted by molar-refractivity contribution is 6.45. The zero-order valence-corrected chi connectivity index (χ0v) is 9.00. The molecule has 15 heavy (non-hydrogen) atoms. The van der Waals surface area contributed by atoms with Gasteiger partial charge in [0, 0.05) is 6.07 Å². The number of nitrogens with zero attached hydrogens (tertiary/aromatic N) is 1. The van der Waals surface area contributed by atoms with Crippen LogP contribution in [0.4, 0.5) is 5.69 Å². The van der Waals surface area contributed by atoms with Crippen LogP contribution in [-0.2, 0) is 4.74 Å². The minimum atomic E-state index is -0.697. The van der Waals surface area contributed by atoms with Crippen LogP contribution in [0, 0.1) is 10.1 Å². The van der Waals surface area contributed by atoms with Crippen molar-refractivity contribution in [2.45, 2.75) is 0 Å². The van der Waals surface area contributed by atoms with Crippen LogP contribution < -0.4 is 0 Å². The second-order valence-electron chi connectivity index (χ2n) is 2.51. The van der Waals surface area contributed by atoms with Crippen molar-refractivity contribution in [2.24, 2.45) is 0 Å². The molecule has 5 nitrogen and oxygen atoms in total. The molecule has 0 aliphatic rings. The lowest BCUT2D eigenvalue weighted by atomic mass is 10.2. The zero-order valence-electron chi connectivity index (χ0n) is 7.49. The molecule has 0 aliphatic carbocycles. The SMILES string of the molecule is COC(=O)c1ccc([N+](=O)[O-])c(Cl)c1Cl. The number of carbonyl (C=O) groups is 1. The minimum Gasteiger partial charge on any atom is -0.465 e. The molecule has 0 saturated heterocycles. The van der Waals surface area contributed by atoms with Gasteiger partial charge in [-0.15, -0.1) is 0 Å². The monoisotopic (exact) mass is 249 g/mol. The van der Waals surface area contributed by atoms with E-state index in [1.807, 2.05) is 0 Å². The lowest BCUT2D eigenvalue weighted by Gasteiger charge is -2.03. The van der Waals surface area contributed by atoms with Crippen LogP contribution in [0.3, 0.4) is 0 Å². The molecule has 0 bridgehead atoms. The van der Waals surface area contributed by atoms with Gasteiger partial charge in [-0.2, -0.15) is 0 Å². The van der Waals surface area contributed by atoms with Crippen molar-refractivity contribution in [3.8, 4) is 0 Å². The molecule has 1 aromatic rings. The summed E-state index contributed by atoms with van der Waals surface area (Å²) < 4.78 is 4.42. The van der Waals surface area contributed by atoms with E-state index in [0.29, 0.717) is 0 Å². The molecule has 1 aromatic carbocycles. The van der Waals surface area contributed by atoms with E-state index in [-0.39, 0.29) is 21.3 Å². The first-order valence-electron chi connectivity index (χ1n) is 3.69. The summed E-state index contributed by atoms with van der Waals surface area (Å²) in [5, 5.41) is 10.0. The van der Waals surface area contributed by atoms with Crippen molar-refractivity contribution in [1.29, 1.82) is 0 Å². The highest BCUT2D eigenvalue weighted by Gasteiger charge is 2.21. The number of ether oxygens (including phenoxy) is 1. The van der Waals surface area contributed by atoms with E-state index in [0.717, 1.165) is 6.07 Å². The van der Waals surface area contributed by atoms with Crippen LogP contribution >= 0.6 is 23.2 Å². The number of carbonyl (C=O) groups excluding carboxylic acids is 1. The van der Waals surface area contributed by atoms with Crippen molar-refractivity contribution in [1.82, 2.24) is 0 Å². The van der Waals surface area contributed by atoms with Gasteiger partial charge in [0.2, 0.25) is 0 Å². The highest BCUT2D eigenvalue weighted by Crippen LogP contribution is 2.34. The van der Waals surface area contributed by atoms with Gasteiger partial charge in [0.05, 0.1) is 22.6 Å². The van der Waals surface area contributed by atoms with Gasteiger partial charge in [-0.1, -0.05) is 23.2 Å². The van der Waals surface area contributed by atoms with Gasteiger partial charge >= 0.3 is 5.97 Å². The number of nitro groups is 1. The third kappa shape index (κ3) is 2.19. The summed E-state index contributed by atoms with van der Waals surface area (Å²) in [6.07, 6.45) is 0. The number of benzene rings is 1. The Morgan fingerprint density at radius 3 is 2.47 bits per heavy atom. The van der Waals surface area contributed by atoms with Gasteiger partial charge < -0.3 is 4.74 Å². The normalized spacial score (nSPS) is 9.80. The Morgan fingerprint density at radius 2 is 2.00 bits per heavy atom. The van der Waals surface area contributed by atoms with Crippen LogP contribution in [0.2, 0.25) is 10.0 Å². The van der Waals surface area contributed by atoms with E-state index in [1.54, 1.807) is 0 Å². The molecule has 0 saturated carbocycles. The molecule has 0 aromatic heterocycles. The Kier molecular flexibility index (Phi) is 3.49. The van der Waals surface area contributed by atoms with Crippen LogP contribution in [-0.4, -0.2) is 18.0 Å². The van der Waals surface area contributed by atoms with Gasteiger partial charge in [-0.05, 0) is 6.07 Å². The molecule has 0 amide bonds. The Labute approximate surface area is 94.7 Å². The largest absolute Gasteiger partial charge is 0.465 e. The molecule has 0 aliphatic heterocycles. The maximum atomic E-state index is 11.1. The third-order valence-electron chi connectivity index (χ3n) is 1.66. The summed E-state index contributed by atoms with van der Waals surface area (Å²) in [7, 11) is 1.17. The molecule has 1 rings (SSSR count). The van der Waals surface area contributed by atoms with Gasteiger partial charge in [-0.25, -0.2) is 4.79 Å². The van der Waals surface area contributed by atoms with E-state index >= 15 is 0 Å². The molecular formula is C8H5Cl2NO4. The van der Waals surface area contributed by atoms with Crippen LogP contribution in [0.1, 0.15) is 10.4 Å². The quantitative estimate of drug-likeness (QED) is 0.459. The lowest BCUT2D eigenvalue weighted by Crippen LogP contribution is -2.03. The first-order chi connectivity index (χ1) is 6.99. The number of hydrogen-bond acceptors (Lipinski definition) is 4. The molecule has 80 valence electrons. The van der Waals surface area contributed by atoms with Crippen molar-refractivity contribution < 1.29 is 14.5 Å². The Hall–Kier alpha value is -1.33. The number of esters is 1. The summed E-state index contributed by atoms with van der Waals surface area (Å²) in [5.74, 6) is -0.697. The minimum absolute atomic E-state index is 0.00485. The fourth-order valence-electron chi connectivity index (χ4n) is 0.948. The molecule has 0 heterocycles. The molecular weight excluding hydrogens is 245 g/mol. The molecule has 7 heteroatoms. The van der Waals surface area contributed by atoms with E-state index in [9.17, 15) is 14.9 Å². The van der Waals surface area contributed by atoms with Crippen LogP contribution in [0.5, 0.6) is 0 Å². The van der Waals surface area contributed by atoms with Crippen LogP contribution in [0.25, 0.3) is 0 Å². The van der Waals surface area contributed by atoms with Crippen molar-refractivity contribution in [3.05, 3.63) is 37.9 Å². The van der Waals surface area contributed by atoms with Gasteiger partial charge in [-0.3, -0.25) is 10.1 Å². The maximum Gasteiger partial charge on any atom is 0.339 e. The third-order valence-corrected chi connectivity index (χ3v) is 2.54. The van der Waals surface area contributed by atoms with Gasteiger partial charge in [0.1, 0.15) is 5.02 Å². The lowest BCUT2D eigenvalue weighted by molar-refractivity contribution is -0.384. The van der Waals surface area contributed by atoms with Crippen molar-refractivity contribution in [3.63, 3.8) is 0 Å². The molecule has 0 radical (unpaired) electrons. The molecule has 0 atom stereocenters. The molecule has 0 fully saturated rings. The first-order valence-corrected chi connectivity index (χ1v) is 4.45. The van der Waals surface area contributed by atoms with E-state index in [2.05, 4.69) is 4.74 Å². The smallest absolute Gasteiger partial charge is 0.339 e. The van der Waals surface area contributed by atoms with Gasteiger partial charge in [0.15, 0.2) is 0 Å². The summed E-state index contributed by atoms with van der Waals surface area (Å²) in [4.78, 5) is 20.9. The van der Waals surface area contributed by atoms with Crippen LogP contribution in [0.15, 0.2) is 12.1 Å². The summed E-state index contributed by atoms with van der Waals surface area (Å²) in [6, 6.07) is 2.29. The average molecular weight is 250 g/mol. The summed E-state index contributed by atoms with van der Waals surface area (Å²) >= 11 is 11.3. The summed E-state index contributed by atoms with van der Waals surface area (Å²) in [5.41, 5.74) is -0.357. The van der Waals surface area contributed by atoms with Crippen molar-refractivity contribution >= 4 is 34.9 Å². The Morgan fingerprint density at radius 1 is 1.40 bits per heavy atom. The number of halogens is 2. The molecule has 0 N–H and O–H groups in total. The maximum absolute atomic E-state index is 11.1. The Bertz CT molecular complexity index is 433. The molecule has 0 spiro atoms. The predicted molar refractivity (Wildman–Crippen MR) is 54.5 cm³/mol. The average Bonchev–Trinajstić information content (AvgIpc) is 2.20.